The number of nitrogens with one attached hydrogen (secondary N) is 1. The molecular weight excluding hydrogens is 502 g/mol. The second-order valence-corrected chi connectivity index (χ2v) is 10.4. The largest absolute Gasteiger partial charge is 0.506 e. The van der Waals surface area contributed by atoms with Crippen molar-refractivity contribution in [3.8, 4) is 5.75 Å². The Morgan fingerprint density at radius 1 is 0.949 bits per heavy atom. The Bertz CT molecular complexity index is 1280. The van der Waals surface area contributed by atoms with E-state index in [-0.39, 0.29) is 54.9 Å². The van der Waals surface area contributed by atoms with E-state index in [4.69, 9.17) is 4.74 Å². The summed E-state index contributed by atoms with van der Waals surface area (Å²) in [7, 11) is 0. The number of aromatic hydroxyl groups is 1. The molecule has 1 saturated carbocycles. The van der Waals surface area contributed by atoms with Crippen LogP contribution in [0.1, 0.15) is 68.9 Å². The second-order valence-electron chi connectivity index (χ2n) is 10.4. The summed E-state index contributed by atoms with van der Waals surface area (Å²) in [6.45, 7) is 1.09. The van der Waals surface area contributed by atoms with Gasteiger partial charge in [0.05, 0.1) is 25.2 Å². The first kappa shape index (κ1) is 28.7. The molecule has 2 N–H and O–H groups in total. The predicted molar refractivity (Wildman–Crippen MR) is 148 cm³/mol. The summed E-state index contributed by atoms with van der Waals surface area (Å²) in [5.74, 6) is -1.01. The lowest BCUT2D eigenvalue weighted by atomic mass is 9.93. The molecule has 6 nitrogen and oxygen atoms in total. The van der Waals surface area contributed by atoms with Crippen molar-refractivity contribution in [2.75, 3.05) is 19.8 Å². The average Bonchev–Trinajstić information content (AvgIpc) is 2.93. The number of aromatic amines is 1. The van der Waals surface area contributed by atoms with Crippen LogP contribution < -0.4 is 5.56 Å². The van der Waals surface area contributed by atoms with Crippen LogP contribution in [0.4, 0.5) is 8.78 Å². The van der Waals surface area contributed by atoms with E-state index in [2.05, 4.69) is 4.98 Å². The van der Waals surface area contributed by atoms with Gasteiger partial charge in [0.15, 0.2) is 0 Å². The van der Waals surface area contributed by atoms with Crippen molar-refractivity contribution in [3.63, 3.8) is 0 Å². The highest BCUT2D eigenvalue weighted by atomic mass is 19.1. The molecule has 1 fully saturated rings. The number of unbranched alkanes of at least 4 members (excludes halogenated alkanes) is 2. The first-order valence-corrected chi connectivity index (χ1v) is 14.1. The number of nitrogens with zero attached hydrogens (tertiary/aromatic N) is 1. The number of carbonyl (C=O) groups is 1. The Morgan fingerprint density at radius 2 is 1.72 bits per heavy atom. The first-order chi connectivity index (χ1) is 18.9. The third-order valence-electron chi connectivity index (χ3n) is 7.66. The quantitative estimate of drug-likeness (QED) is 0.259. The first-order valence-electron chi connectivity index (χ1n) is 14.1. The van der Waals surface area contributed by atoms with Crippen molar-refractivity contribution in [2.24, 2.45) is 0 Å². The molecule has 1 heterocycles. The number of benzene rings is 2. The van der Waals surface area contributed by atoms with Gasteiger partial charge in [0, 0.05) is 36.0 Å². The van der Waals surface area contributed by atoms with Crippen molar-refractivity contribution in [1.29, 1.82) is 0 Å². The molecule has 8 heteroatoms. The lowest BCUT2D eigenvalue weighted by Gasteiger charge is -2.34. The van der Waals surface area contributed by atoms with Crippen molar-refractivity contribution >= 4 is 16.8 Å². The van der Waals surface area contributed by atoms with Gasteiger partial charge in [-0.15, -0.1) is 0 Å². The number of hydrogen-bond donors (Lipinski definition) is 2. The number of halogens is 2. The monoisotopic (exact) mass is 540 g/mol. The molecule has 3 aromatic rings. The Morgan fingerprint density at radius 3 is 2.49 bits per heavy atom. The molecule has 1 amide bonds. The molecule has 0 atom stereocenters. The molecular formula is C31H38F2N2O4. The van der Waals surface area contributed by atoms with E-state index in [0.29, 0.717) is 12.1 Å². The number of hydrogen-bond acceptors (Lipinski definition) is 4. The minimum absolute atomic E-state index is 0.0150. The minimum Gasteiger partial charge on any atom is -0.506 e. The summed E-state index contributed by atoms with van der Waals surface area (Å²) in [5, 5.41) is 10.9. The maximum Gasteiger partial charge on any atom is 0.248 e. The van der Waals surface area contributed by atoms with Gasteiger partial charge in [-0.1, -0.05) is 37.8 Å². The Hall–Kier alpha value is -3.26. The number of H-pyrrole nitrogens is 1. The standard InChI is InChI=1S/C31H38F2N2O4/c32-26-11-7-12-27(33)25(26)17-20-39-21-18-30(38)35(23-9-4-1-5-10-23)19-6-2-3-8-22-13-15-28(36)31-24(22)14-16-29(37)34-31/h7,11-16,23,36H,1-6,8-10,17-21H2,(H,34,37). The van der Waals surface area contributed by atoms with Crippen molar-refractivity contribution in [3.05, 3.63) is 75.6 Å². The fourth-order valence-corrected chi connectivity index (χ4v) is 5.54. The number of ether oxygens (including phenoxy) is 1. The van der Waals surface area contributed by atoms with Gasteiger partial charge in [-0.3, -0.25) is 9.59 Å². The number of fused-ring (bicyclic) bond motifs is 1. The number of pyridine rings is 1. The van der Waals surface area contributed by atoms with Gasteiger partial charge in [-0.25, -0.2) is 8.78 Å². The number of aromatic nitrogens is 1. The third-order valence-corrected chi connectivity index (χ3v) is 7.66. The SMILES string of the molecule is O=C(CCOCCc1c(F)cccc1F)N(CCCCCc1ccc(O)c2[nH]c(=O)ccc12)C1CCCCC1. The van der Waals surface area contributed by atoms with E-state index in [1.165, 1.54) is 30.7 Å². The molecule has 0 radical (unpaired) electrons. The van der Waals surface area contributed by atoms with Gasteiger partial charge in [0.25, 0.3) is 0 Å². The lowest BCUT2D eigenvalue weighted by molar-refractivity contribution is -0.135. The molecule has 39 heavy (non-hydrogen) atoms. The van der Waals surface area contributed by atoms with Crippen molar-refractivity contribution in [1.82, 2.24) is 9.88 Å². The third kappa shape index (κ3) is 7.88. The Labute approximate surface area is 228 Å². The van der Waals surface area contributed by atoms with Crippen LogP contribution in [0, 0.1) is 11.6 Å². The van der Waals surface area contributed by atoms with Crippen LogP contribution in [-0.2, 0) is 22.4 Å². The maximum atomic E-state index is 13.8. The number of phenolic OH excluding ortho intramolecular Hbond substituents is 1. The number of rotatable bonds is 13. The second kappa shape index (κ2) is 14.2. The normalized spacial score (nSPS) is 14.1. The zero-order valence-corrected chi connectivity index (χ0v) is 22.4. The maximum absolute atomic E-state index is 13.8. The summed E-state index contributed by atoms with van der Waals surface area (Å²) in [4.78, 5) is 29.5. The molecule has 2 aromatic carbocycles. The van der Waals surface area contributed by atoms with E-state index < -0.39 is 11.6 Å². The van der Waals surface area contributed by atoms with Gasteiger partial charge < -0.3 is 19.7 Å². The van der Waals surface area contributed by atoms with Crippen LogP contribution in [0.2, 0.25) is 0 Å². The molecule has 0 bridgehead atoms. The molecule has 210 valence electrons. The fraction of sp³-hybridized carbons (Fsp3) is 0.484. The van der Waals surface area contributed by atoms with Gasteiger partial charge in [0.1, 0.15) is 17.4 Å². The van der Waals surface area contributed by atoms with Gasteiger partial charge in [-0.2, -0.15) is 0 Å². The minimum atomic E-state index is -0.577. The topological polar surface area (TPSA) is 82.6 Å². The number of phenols is 1. The van der Waals surface area contributed by atoms with Crippen molar-refractivity contribution < 1.29 is 23.4 Å². The van der Waals surface area contributed by atoms with E-state index in [0.717, 1.165) is 62.3 Å². The van der Waals surface area contributed by atoms with Crippen molar-refractivity contribution in [2.45, 2.75) is 76.7 Å². The summed E-state index contributed by atoms with van der Waals surface area (Å²) < 4.78 is 33.2. The molecule has 0 unspecified atom stereocenters. The molecule has 1 aromatic heterocycles. The van der Waals surface area contributed by atoms with E-state index in [1.54, 1.807) is 12.1 Å². The molecule has 0 aliphatic heterocycles. The van der Waals surface area contributed by atoms with Crippen LogP contribution in [0.3, 0.4) is 0 Å². The van der Waals surface area contributed by atoms with Crippen LogP contribution in [-0.4, -0.2) is 46.7 Å². The van der Waals surface area contributed by atoms with E-state index in [1.807, 2.05) is 11.0 Å². The average molecular weight is 541 g/mol. The van der Waals surface area contributed by atoms with Crippen LogP contribution in [0.5, 0.6) is 5.75 Å². The predicted octanol–water partition coefficient (Wildman–Crippen LogP) is 6.04. The summed E-state index contributed by atoms with van der Waals surface area (Å²) in [5.41, 5.74) is 1.31. The Balaban J connectivity index is 1.24. The molecule has 4 rings (SSSR count). The molecule has 0 spiro atoms. The Kier molecular flexibility index (Phi) is 10.5. The van der Waals surface area contributed by atoms with Crippen LogP contribution in [0.15, 0.2) is 47.3 Å². The smallest absolute Gasteiger partial charge is 0.248 e. The molecule has 0 saturated heterocycles. The van der Waals surface area contributed by atoms with Gasteiger partial charge >= 0.3 is 0 Å². The number of amides is 1. The van der Waals surface area contributed by atoms with Crippen LogP contribution in [0.25, 0.3) is 10.9 Å². The van der Waals surface area contributed by atoms with Crippen LogP contribution >= 0.6 is 0 Å². The highest BCUT2D eigenvalue weighted by Crippen LogP contribution is 2.27. The summed E-state index contributed by atoms with van der Waals surface area (Å²) in [6.07, 6.45) is 9.50. The molecule has 1 aliphatic carbocycles. The number of carbonyl (C=O) groups excluding carboxylic acids is 1. The van der Waals surface area contributed by atoms with Gasteiger partial charge in [-0.05, 0) is 61.9 Å². The summed E-state index contributed by atoms with van der Waals surface area (Å²) >= 11 is 0. The molecule has 1 aliphatic rings. The highest BCUT2D eigenvalue weighted by molar-refractivity contribution is 5.87. The lowest BCUT2D eigenvalue weighted by Crippen LogP contribution is -2.42. The van der Waals surface area contributed by atoms with E-state index >= 15 is 0 Å². The zero-order valence-electron chi connectivity index (χ0n) is 22.4. The van der Waals surface area contributed by atoms with Gasteiger partial charge in [0.2, 0.25) is 11.5 Å². The number of aryl methyl sites for hydroxylation is 1. The zero-order chi connectivity index (χ0) is 27.6. The van der Waals surface area contributed by atoms with E-state index in [9.17, 15) is 23.5 Å². The highest BCUT2D eigenvalue weighted by Gasteiger charge is 2.24. The summed E-state index contributed by atoms with van der Waals surface area (Å²) in [6, 6.07) is 10.8. The fourth-order valence-electron chi connectivity index (χ4n) is 5.54.